The molecular weight excluding hydrogens is 280 g/mol. The molecule has 122 valence electrons. The number of rotatable bonds is 4. The van der Waals surface area contributed by atoms with Crippen LogP contribution < -0.4 is 0 Å². The third-order valence-electron chi connectivity index (χ3n) is 4.64. The van der Waals surface area contributed by atoms with Gasteiger partial charge in [0, 0.05) is 5.69 Å². The second-order valence-corrected chi connectivity index (χ2v) is 6.11. The number of hydrogen-bond acceptors (Lipinski definition) is 4. The van der Waals surface area contributed by atoms with Crippen LogP contribution in [0.2, 0.25) is 0 Å². The molecule has 2 heterocycles. The standard InChI is InChI=1S/C17H26N2O3/c1-11-14(17(21)22-4)12(2)18-15(11)16(20)13(3)19-9-7-5-6-8-10-19/h13,18H,5-10H2,1-4H3/t13-/m0/s1. The zero-order chi connectivity index (χ0) is 16.3. The maximum absolute atomic E-state index is 12.8. The Labute approximate surface area is 132 Å². The molecule has 22 heavy (non-hydrogen) atoms. The molecule has 1 aromatic heterocycles. The SMILES string of the molecule is COC(=O)c1c(C)[nH]c(C(=O)[C@H](C)N2CCCCCC2)c1C. The van der Waals surface area contributed by atoms with Crippen molar-refractivity contribution in [3.63, 3.8) is 0 Å². The van der Waals surface area contributed by atoms with E-state index in [2.05, 4.69) is 9.88 Å². The van der Waals surface area contributed by atoms with Crippen molar-refractivity contribution in [2.24, 2.45) is 0 Å². The van der Waals surface area contributed by atoms with Crippen LogP contribution in [0.1, 0.15) is 64.7 Å². The van der Waals surface area contributed by atoms with E-state index in [-0.39, 0.29) is 11.8 Å². The number of aromatic amines is 1. The van der Waals surface area contributed by atoms with Gasteiger partial charge in [-0.2, -0.15) is 0 Å². The van der Waals surface area contributed by atoms with Crippen molar-refractivity contribution >= 4 is 11.8 Å². The summed E-state index contributed by atoms with van der Waals surface area (Å²) in [5.41, 5.74) is 2.40. The lowest BCUT2D eigenvalue weighted by Gasteiger charge is -2.26. The van der Waals surface area contributed by atoms with Gasteiger partial charge in [0.15, 0.2) is 5.78 Å². The Hall–Kier alpha value is -1.62. The fourth-order valence-corrected chi connectivity index (χ4v) is 3.26. The number of likely N-dealkylation sites (tertiary alicyclic amines) is 1. The van der Waals surface area contributed by atoms with Crippen molar-refractivity contribution in [2.75, 3.05) is 20.2 Å². The van der Waals surface area contributed by atoms with Gasteiger partial charge in [-0.25, -0.2) is 4.79 Å². The maximum atomic E-state index is 12.8. The van der Waals surface area contributed by atoms with Crippen molar-refractivity contribution < 1.29 is 14.3 Å². The first-order chi connectivity index (χ1) is 10.5. The van der Waals surface area contributed by atoms with Crippen LogP contribution in [0, 0.1) is 13.8 Å². The lowest BCUT2D eigenvalue weighted by atomic mass is 10.0. The number of nitrogens with one attached hydrogen (secondary N) is 1. The molecule has 1 saturated heterocycles. The van der Waals surface area contributed by atoms with Crippen LogP contribution in [-0.4, -0.2) is 47.9 Å². The predicted octanol–water partition coefficient (Wildman–Crippen LogP) is 2.87. The number of ether oxygens (including phenoxy) is 1. The summed E-state index contributed by atoms with van der Waals surface area (Å²) < 4.78 is 4.80. The van der Waals surface area contributed by atoms with E-state index in [1.165, 1.54) is 20.0 Å². The third-order valence-corrected chi connectivity index (χ3v) is 4.64. The lowest BCUT2D eigenvalue weighted by molar-refractivity contribution is 0.0599. The number of aryl methyl sites for hydroxylation is 1. The molecule has 0 aromatic carbocycles. The van der Waals surface area contributed by atoms with Gasteiger partial charge in [-0.3, -0.25) is 9.69 Å². The zero-order valence-electron chi connectivity index (χ0n) is 14.0. The molecule has 1 aliphatic rings. The maximum Gasteiger partial charge on any atom is 0.339 e. The highest BCUT2D eigenvalue weighted by atomic mass is 16.5. The average Bonchev–Trinajstić information content (AvgIpc) is 2.72. The van der Waals surface area contributed by atoms with Crippen LogP contribution in [0.4, 0.5) is 0 Å². The summed E-state index contributed by atoms with van der Waals surface area (Å²) in [6.45, 7) is 7.50. The van der Waals surface area contributed by atoms with Crippen LogP contribution >= 0.6 is 0 Å². The summed E-state index contributed by atoms with van der Waals surface area (Å²) >= 11 is 0. The van der Waals surface area contributed by atoms with E-state index < -0.39 is 5.97 Å². The molecule has 5 heteroatoms. The summed E-state index contributed by atoms with van der Waals surface area (Å²) in [5, 5.41) is 0. The van der Waals surface area contributed by atoms with Gasteiger partial charge in [0.2, 0.25) is 0 Å². The van der Waals surface area contributed by atoms with E-state index >= 15 is 0 Å². The number of hydrogen-bond donors (Lipinski definition) is 1. The number of Topliss-reactive ketones (excluding diaryl/α,β-unsaturated/α-hetero) is 1. The molecule has 0 bridgehead atoms. The third kappa shape index (κ3) is 3.24. The Balaban J connectivity index is 2.23. The second kappa shape index (κ2) is 7.09. The van der Waals surface area contributed by atoms with Gasteiger partial charge in [0.05, 0.1) is 24.4 Å². The molecule has 0 spiro atoms. The highest BCUT2D eigenvalue weighted by Gasteiger charge is 2.28. The smallest absolute Gasteiger partial charge is 0.339 e. The van der Waals surface area contributed by atoms with E-state index in [0.29, 0.717) is 22.5 Å². The van der Waals surface area contributed by atoms with E-state index in [4.69, 9.17) is 4.74 Å². The lowest BCUT2D eigenvalue weighted by Crippen LogP contribution is -2.40. The molecule has 1 atom stereocenters. The molecule has 1 aliphatic heterocycles. The number of nitrogens with zero attached hydrogens (tertiary/aromatic N) is 1. The number of methoxy groups -OCH3 is 1. The molecule has 0 saturated carbocycles. The van der Waals surface area contributed by atoms with E-state index in [1.54, 1.807) is 13.8 Å². The molecule has 0 unspecified atom stereocenters. The monoisotopic (exact) mass is 306 g/mol. The number of carbonyl (C=O) groups is 2. The van der Waals surface area contributed by atoms with Crippen molar-refractivity contribution in [2.45, 2.75) is 52.5 Å². The van der Waals surface area contributed by atoms with Crippen molar-refractivity contribution in [3.8, 4) is 0 Å². The minimum absolute atomic E-state index is 0.0534. The highest BCUT2D eigenvalue weighted by molar-refractivity contribution is 6.03. The van der Waals surface area contributed by atoms with Crippen LogP contribution in [0.25, 0.3) is 0 Å². The molecule has 5 nitrogen and oxygen atoms in total. The Morgan fingerprint density at radius 1 is 1.14 bits per heavy atom. The van der Waals surface area contributed by atoms with Crippen LogP contribution in [0.5, 0.6) is 0 Å². The normalized spacial score (nSPS) is 17.8. The van der Waals surface area contributed by atoms with E-state index in [0.717, 1.165) is 25.9 Å². The molecule has 1 N–H and O–H groups in total. The number of carbonyl (C=O) groups excluding carboxylic acids is 2. The molecule has 0 amide bonds. The van der Waals surface area contributed by atoms with Gasteiger partial charge in [-0.05, 0) is 52.3 Å². The summed E-state index contributed by atoms with van der Waals surface area (Å²) in [5.74, 6) is -0.342. The Bertz CT molecular complexity index is 554. The van der Waals surface area contributed by atoms with Crippen LogP contribution in [0.3, 0.4) is 0 Å². The molecule has 0 aliphatic carbocycles. The zero-order valence-corrected chi connectivity index (χ0v) is 14.0. The highest BCUT2D eigenvalue weighted by Crippen LogP contribution is 2.22. The van der Waals surface area contributed by atoms with Crippen LogP contribution in [0.15, 0.2) is 0 Å². The van der Waals surface area contributed by atoms with E-state index in [9.17, 15) is 9.59 Å². The summed E-state index contributed by atoms with van der Waals surface area (Å²) in [4.78, 5) is 30.0. The van der Waals surface area contributed by atoms with Crippen molar-refractivity contribution in [1.82, 2.24) is 9.88 Å². The average molecular weight is 306 g/mol. The van der Waals surface area contributed by atoms with Crippen molar-refractivity contribution in [1.29, 1.82) is 0 Å². The van der Waals surface area contributed by atoms with Crippen molar-refractivity contribution in [3.05, 3.63) is 22.5 Å². The van der Waals surface area contributed by atoms with E-state index in [1.807, 2.05) is 6.92 Å². The number of ketones is 1. The number of aromatic nitrogens is 1. The Morgan fingerprint density at radius 3 is 2.27 bits per heavy atom. The van der Waals surface area contributed by atoms with Gasteiger partial charge >= 0.3 is 5.97 Å². The van der Waals surface area contributed by atoms with Gasteiger partial charge < -0.3 is 9.72 Å². The summed E-state index contributed by atoms with van der Waals surface area (Å²) in [6.07, 6.45) is 4.77. The topological polar surface area (TPSA) is 62.4 Å². The number of H-pyrrole nitrogens is 1. The van der Waals surface area contributed by atoms with Gasteiger partial charge in [-0.15, -0.1) is 0 Å². The minimum atomic E-state index is -0.396. The Kier molecular flexibility index (Phi) is 5.40. The van der Waals surface area contributed by atoms with Gasteiger partial charge in [0.25, 0.3) is 0 Å². The summed E-state index contributed by atoms with van der Waals surface area (Å²) in [6, 6.07) is -0.166. The number of esters is 1. The first kappa shape index (κ1) is 16.7. The van der Waals surface area contributed by atoms with Crippen LogP contribution in [-0.2, 0) is 4.74 Å². The van der Waals surface area contributed by atoms with Gasteiger partial charge in [-0.1, -0.05) is 12.8 Å². The quantitative estimate of drug-likeness (QED) is 0.686. The largest absolute Gasteiger partial charge is 0.465 e. The fraction of sp³-hybridized carbons (Fsp3) is 0.647. The fourth-order valence-electron chi connectivity index (χ4n) is 3.26. The molecule has 1 aromatic rings. The first-order valence-electron chi connectivity index (χ1n) is 8.03. The molecule has 2 rings (SSSR count). The predicted molar refractivity (Wildman–Crippen MR) is 85.4 cm³/mol. The minimum Gasteiger partial charge on any atom is -0.465 e. The Morgan fingerprint density at radius 2 is 1.73 bits per heavy atom. The second-order valence-electron chi connectivity index (χ2n) is 6.11. The molecule has 0 radical (unpaired) electrons. The summed E-state index contributed by atoms with van der Waals surface area (Å²) in [7, 11) is 1.36. The first-order valence-corrected chi connectivity index (χ1v) is 8.03. The van der Waals surface area contributed by atoms with Gasteiger partial charge in [0.1, 0.15) is 0 Å². The molecular formula is C17H26N2O3. The molecule has 1 fully saturated rings.